The van der Waals surface area contributed by atoms with E-state index in [1.807, 2.05) is 67.6 Å². The molecule has 0 atom stereocenters. The van der Waals surface area contributed by atoms with E-state index in [0.717, 1.165) is 38.8 Å². The first kappa shape index (κ1) is 25.9. The number of para-hydroxylation sites is 1. The van der Waals surface area contributed by atoms with E-state index in [9.17, 15) is 4.79 Å². The highest BCUT2D eigenvalue weighted by Crippen LogP contribution is 2.34. The minimum Gasteiger partial charge on any atom is -0.496 e. The van der Waals surface area contributed by atoms with Gasteiger partial charge in [0.15, 0.2) is 5.82 Å². The van der Waals surface area contributed by atoms with E-state index in [-0.39, 0.29) is 11.5 Å². The molecule has 0 saturated carbocycles. The fourth-order valence-corrected chi connectivity index (χ4v) is 4.77. The normalized spacial score (nSPS) is 11.5. The summed E-state index contributed by atoms with van der Waals surface area (Å²) in [6.07, 6.45) is 3.38. The SMILES string of the molecule is C=CCOc1ccc2ccccc2c1C=Nn1c(-c2cc(C(C)C)c(OC)cc2C)nc2ccccc2c1=O. The Balaban J connectivity index is 1.78. The zero-order valence-corrected chi connectivity index (χ0v) is 22.6. The molecule has 0 radical (unpaired) electrons. The van der Waals surface area contributed by atoms with Gasteiger partial charge in [-0.05, 0) is 65.1 Å². The number of aryl methyl sites for hydroxylation is 1. The number of hydrogen-bond donors (Lipinski definition) is 0. The Morgan fingerprint density at radius 1 is 1.00 bits per heavy atom. The van der Waals surface area contributed by atoms with Gasteiger partial charge in [0.1, 0.15) is 18.1 Å². The molecule has 0 fully saturated rings. The van der Waals surface area contributed by atoms with Crippen LogP contribution in [0.3, 0.4) is 0 Å². The van der Waals surface area contributed by atoms with Gasteiger partial charge in [-0.1, -0.05) is 69.0 Å². The van der Waals surface area contributed by atoms with E-state index in [1.54, 1.807) is 25.5 Å². The Morgan fingerprint density at radius 3 is 2.49 bits per heavy atom. The number of aromatic nitrogens is 2. The third-order valence-electron chi connectivity index (χ3n) is 6.78. The van der Waals surface area contributed by atoms with Gasteiger partial charge in [0.2, 0.25) is 0 Å². The molecule has 0 spiro atoms. The molecule has 0 aliphatic carbocycles. The number of rotatable bonds is 8. The summed E-state index contributed by atoms with van der Waals surface area (Å²) in [5.74, 6) is 2.14. The van der Waals surface area contributed by atoms with Crippen LogP contribution >= 0.6 is 0 Å². The van der Waals surface area contributed by atoms with Crippen LogP contribution in [-0.2, 0) is 0 Å². The minimum atomic E-state index is -0.248. The van der Waals surface area contributed by atoms with E-state index in [1.165, 1.54) is 4.68 Å². The second-order valence-electron chi connectivity index (χ2n) is 9.68. The molecule has 0 aliphatic rings. The molecule has 5 aromatic rings. The van der Waals surface area contributed by atoms with Crippen molar-refractivity contribution >= 4 is 27.9 Å². The maximum atomic E-state index is 13.9. The zero-order valence-electron chi connectivity index (χ0n) is 22.6. The molecule has 0 amide bonds. The average Bonchev–Trinajstić information content (AvgIpc) is 2.95. The molecule has 1 heterocycles. The molecule has 6 heteroatoms. The predicted octanol–water partition coefficient (Wildman–Crippen LogP) is 7.10. The first-order valence-electron chi connectivity index (χ1n) is 12.9. The van der Waals surface area contributed by atoms with E-state index in [0.29, 0.717) is 29.1 Å². The molecule has 0 N–H and O–H groups in total. The first-order chi connectivity index (χ1) is 18.9. The number of nitrogens with zero attached hydrogens (tertiary/aromatic N) is 3. The van der Waals surface area contributed by atoms with Crippen molar-refractivity contribution < 1.29 is 9.47 Å². The van der Waals surface area contributed by atoms with Crippen molar-refractivity contribution in [3.8, 4) is 22.9 Å². The summed E-state index contributed by atoms with van der Waals surface area (Å²) in [7, 11) is 1.67. The van der Waals surface area contributed by atoms with Gasteiger partial charge in [-0.2, -0.15) is 9.78 Å². The van der Waals surface area contributed by atoms with Crippen LogP contribution in [0.5, 0.6) is 11.5 Å². The molecular formula is C33H31N3O3. The Kier molecular flexibility index (Phi) is 7.28. The molecule has 0 aliphatic heterocycles. The van der Waals surface area contributed by atoms with Crippen LogP contribution in [0.2, 0.25) is 0 Å². The third kappa shape index (κ3) is 4.93. The number of ether oxygens (including phenoxy) is 2. The number of fused-ring (bicyclic) bond motifs is 2. The van der Waals surface area contributed by atoms with Crippen LogP contribution < -0.4 is 15.0 Å². The Morgan fingerprint density at radius 2 is 1.74 bits per heavy atom. The van der Waals surface area contributed by atoms with Crippen molar-refractivity contribution in [1.82, 2.24) is 9.66 Å². The molecule has 39 heavy (non-hydrogen) atoms. The molecule has 5 rings (SSSR count). The number of methoxy groups -OCH3 is 1. The maximum Gasteiger partial charge on any atom is 0.282 e. The monoisotopic (exact) mass is 517 g/mol. The smallest absolute Gasteiger partial charge is 0.282 e. The molecule has 196 valence electrons. The molecule has 4 aromatic carbocycles. The van der Waals surface area contributed by atoms with Gasteiger partial charge < -0.3 is 9.47 Å². The topological polar surface area (TPSA) is 65.7 Å². The largest absolute Gasteiger partial charge is 0.496 e. The van der Waals surface area contributed by atoms with Crippen molar-refractivity contribution in [2.24, 2.45) is 5.10 Å². The summed E-state index contributed by atoms with van der Waals surface area (Å²) < 4.78 is 13.0. The van der Waals surface area contributed by atoms with Gasteiger partial charge in [0.05, 0.1) is 24.2 Å². The molecular weight excluding hydrogens is 486 g/mol. The van der Waals surface area contributed by atoms with Crippen LogP contribution in [-0.4, -0.2) is 29.6 Å². The Hall–Kier alpha value is -4.71. The van der Waals surface area contributed by atoms with E-state index in [4.69, 9.17) is 19.6 Å². The average molecular weight is 518 g/mol. The zero-order chi connectivity index (χ0) is 27.5. The quantitative estimate of drug-likeness (QED) is 0.163. The number of hydrogen-bond acceptors (Lipinski definition) is 5. The van der Waals surface area contributed by atoms with Crippen molar-refractivity contribution in [2.75, 3.05) is 13.7 Å². The van der Waals surface area contributed by atoms with Crippen molar-refractivity contribution in [2.45, 2.75) is 26.7 Å². The lowest BCUT2D eigenvalue weighted by atomic mass is 9.96. The van der Waals surface area contributed by atoms with Crippen LogP contribution in [0.15, 0.2) is 95.3 Å². The van der Waals surface area contributed by atoms with Crippen LogP contribution in [0.4, 0.5) is 0 Å². The highest BCUT2D eigenvalue weighted by molar-refractivity contribution is 6.02. The van der Waals surface area contributed by atoms with E-state index in [2.05, 4.69) is 26.5 Å². The maximum absolute atomic E-state index is 13.9. The van der Waals surface area contributed by atoms with E-state index >= 15 is 0 Å². The fraction of sp³-hybridized carbons (Fsp3) is 0.182. The minimum absolute atomic E-state index is 0.212. The van der Waals surface area contributed by atoms with Crippen LogP contribution in [0, 0.1) is 6.92 Å². The lowest BCUT2D eigenvalue weighted by Gasteiger charge is -2.17. The summed E-state index contributed by atoms with van der Waals surface area (Å²) in [5.41, 5.74) is 3.93. The van der Waals surface area contributed by atoms with Gasteiger partial charge in [-0.3, -0.25) is 4.79 Å². The summed E-state index contributed by atoms with van der Waals surface area (Å²) in [5, 5.41) is 7.26. The predicted molar refractivity (Wildman–Crippen MR) is 159 cm³/mol. The Labute approximate surface area is 227 Å². The van der Waals surface area contributed by atoms with Crippen LogP contribution in [0.25, 0.3) is 33.1 Å². The van der Waals surface area contributed by atoms with Gasteiger partial charge in [0, 0.05) is 11.1 Å². The van der Waals surface area contributed by atoms with Gasteiger partial charge in [-0.25, -0.2) is 4.98 Å². The first-order valence-corrected chi connectivity index (χ1v) is 12.9. The lowest BCUT2D eigenvalue weighted by Crippen LogP contribution is -2.21. The summed E-state index contributed by atoms with van der Waals surface area (Å²) >= 11 is 0. The Bertz CT molecular complexity index is 1780. The molecule has 0 bridgehead atoms. The van der Waals surface area contributed by atoms with E-state index < -0.39 is 0 Å². The number of benzene rings is 4. The van der Waals surface area contributed by atoms with Crippen molar-refractivity contribution in [1.29, 1.82) is 0 Å². The van der Waals surface area contributed by atoms with Crippen molar-refractivity contribution in [3.63, 3.8) is 0 Å². The van der Waals surface area contributed by atoms with Gasteiger partial charge in [-0.15, -0.1) is 0 Å². The standard InChI is InChI=1S/C33H31N3O3/c1-6-17-39-30-16-15-23-11-7-8-12-24(23)28(30)20-34-36-32(35-29-14-10-9-13-25(29)33(36)37)27-19-26(21(2)3)31(38-5)18-22(27)4/h6-16,18-21H,1,17H2,2-5H3. The van der Waals surface area contributed by atoms with Crippen molar-refractivity contribution in [3.05, 3.63) is 112 Å². The molecule has 1 aromatic heterocycles. The van der Waals surface area contributed by atoms with Gasteiger partial charge >= 0.3 is 0 Å². The molecule has 0 saturated heterocycles. The van der Waals surface area contributed by atoms with Gasteiger partial charge in [0.25, 0.3) is 5.56 Å². The van der Waals surface area contributed by atoms with Crippen LogP contribution in [0.1, 0.15) is 36.5 Å². The lowest BCUT2D eigenvalue weighted by molar-refractivity contribution is 0.363. The fourth-order valence-electron chi connectivity index (χ4n) is 4.77. The second kappa shape index (κ2) is 11.0. The highest BCUT2D eigenvalue weighted by Gasteiger charge is 2.18. The summed E-state index contributed by atoms with van der Waals surface area (Å²) in [6.45, 7) is 10.3. The second-order valence-corrected chi connectivity index (χ2v) is 9.68. The third-order valence-corrected chi connectivity index (χ3v) is 6.78. The molecule has 0 unspecified atom stereocenters. The summed E-state index contributed by atoms with van der Waals surface area (Å²) in [4.78, 5) is 18.8. The summed E-state index contributed by atoms with van der Waals surface area (Å²) in [6, 6.07) is 23.3. The molecule has 6 nitrogen and oxygen atoms in total. The highest BCUT2D eigenvalue weighted by atomic mass is 16.5.